The van der Waals surface area contributed by atoms with E-state index in [2.05, 4.69) is 75.6 Å². The number of rotatable bonds is 5. The maximum absolute atomic E-state index is 5.47. The predicted molar refractivity (Wildman–Crippen MR) is 138 cm³/mol. The molecule has 2 aromatic rings. The molecule has 0 aliphatic carbocycles. The zero-order chi connectivity index (χ0) is 22.3. The predicted octanol–water partition coefficient (Wildman–Crippen LogP) is 3.88. The standard InChI is InChI=1S/C24H35N7S/c1-19(2)25-24(32)28-23-26-21(30-12-8-3-4-9-13-30)18-22(27-23)31-16-14-29(15-17-31)20-10-6-5-7-11-20/h5-7,10-11,18-19H,3-4,8-9,12-17H2,1-2H3,(H2,25,26,27,28,32). The first kappa shape index (κ1) is 22.6. The summed E-state index contributed by atoms with van der Waals surface area (Å²) in [5.41, 5.74) is 1.28. The van der Waals surface area contributed by atoms with Crippen LogP contribution in [0, 0.1) is 0 Å². The van der Waals surface area contributed by atoms with E-state index in [0.717, 1.165) is 50.9 Å². The molecule has 8 heteroatoms. The fraction of sp³-hybridized carbons (Fsp3) is 0.542. The Morgan fingerprint density at radius 2 is 1.38 bits per heavy atom. The van der Waals surface area contributed by atoms with Crippen LogP contribution >= 0.6 is 12.2 Å². The average Bonchev–Trinajstić information content (AvgIpc) is 3.09. The third-order valence-corrected chi connectivity index (χ3v) is 6.22. The first-order chi connectivity index (χ1) is 15.6. The number of benzene rings is 1. The minimum Gasteiger partial charge on any atom is -0.368 e. The van der Waals surface area contributed by atoms with Crippen molar-refractivity contribution in [1.82, 2.24) is 15.3 Å². The molecule has 2 aliphatic heterocycles. The summed E-state index contributed by atoms with van der Waals surface area (Å²) in [6.45, 7) is 10.0. The van der Waals surface area contributed by atoms with Gasteiger partial charge in [0.15, 0.2) is 5.11 Å². The highest BCUT2D eigenvalue weighted by Crippen LogP contribution is 2.25. The lowest BCUT2D eigenvalue weighted by molar-refractivity contribution is 0.646. The highest BCUT2D eigenvalue weighted by molar-refractivity contribution is 7.80. The Morgan fingerprint density at radius 1 is 0.812 bits per heavy atom. The van der Waals surface area contributed by atoms with E-state index in [4.69, 9.17) is 22.2 Å². The van der Waals surface area contributed by atoms with Crippen molar-refractivity contribution >= 4 is 40.6 Å². The lowest BCUT2D eigenvalue weighted by Gasteiger charge is -2.37. The van der Waals surface area contributed by atoms with Gasteiger partial charge >= 0.3 is 0 Å². The van der Waals surface area contributed by atoms with Crippen molar-refractivity contribution in [3.05, 3.63) is 36.4 Å². The zero-order valence-corrected chi connectivity index (χ0v) is 20.1. The third kappa shape index (κ3) is 6.00. The molecular formula is C24H35N7S. The van der Waals surface area contributed by atoms with Crippen LogP contribution < -0.4 is 25.3 Å². The number of hydrogen-bond donors (Lipinski definition) is 2. The summed E-state index contributed by atoms with van der Waals surface area (Å²) >= 11 is 5.47. The number of aromatic nitrogens is 2. The molecule has 2 fully saturated rings. The quantitative estimate of drug-likeness (QED) is 0.662. The summed E-state index contributed by atoms with van der Waals surface area (Å²) in [6.07, 6.45) is 5.02. The number of hydrogen-bond acceptors (Lipinski definition) is 6. The summed E-state index contributed by atoms with van der Waals surface area (Å²) < 4.78 is 0. The SMILES string of the molecule is CC(C)NC(=S)Nc1nc(N2CCCCCC2)cc(N2CCN(c3ccccc3)CC2)n1. The summed E-state index contributed by atoms with van der Waals surface area (Å²) in [5, 5.41) is 7.01. The molecule has 0 unspecified atom stereocenters. The smallest absolute Gasteiger partial charge is 0.232 e. The first-order valence-electron chi connectivity index (χ1n) is 11.8. The minimum absolute atomic E-state index is 0.259. The van der Waals surface area contributed by atoms with Gasteiger partial charge in [0.2, 0.25) is 5.95 Å². The maximum Gasteiger partial charge on any atom is 0.232 e. The molecule has 32 heavy (non-hydrogen) atoms. The van der Waals surface area contributed by atoms with E-state index >= 15 is 0 Å². The Labute approximate surface area is 197 Å². The Bertz CT molecular complexity index is 873. The number of anilines is 4. The van der Waals surface area contributed by atoms with Gasteiger partial charge in [-0.15, -0.1) is 0 Å². The number of nitrogens with one attached hydrogen (secondary N) is 2. The van der Waals surface area contributed by atoms with Gasteiger partial charge in [-0.1, -0.05) is 31.0 Å². The van der Waals surface area contributed by atoms with Crippen molar-refractivity contribution in [2.45, 2.75) is 45.6 Å². The van der Waals surface area contributed by atoms with Gasteiger partial charge in [0.1, 0.15) is 11.6 Å². The molecular weight excluding hydrogens is 418 g/mol. The van der Waals surface area contributed by atoms with Gasteiger partial charge in [0.05, 0.1) is 0 Å². The van der Waals surface area contributed by atoms with Crippen LogP contribution in [0.3, 0.4) is 0 Å². The molecule has 0 amide bonds. The van der Waals surface area contributed by atoms with E-state index in [9.17, 15) is 0 Å². The molecule has 0 spiro atoms. The zero-order valence-electron chi connectivity index (χ0n) is 19.3. The number of nitrogens with zero attached hydrogens (tertiary/aromatic N) is 5. The highest BCUT2D eigenvalue weighted by Gasteiger charge is 2.21. The molecule has 2 aliphatic rings. The van der Waals surface area contributed by atoms with Crippen LogP contribution in [0.25, 0.3) is 0 Å². The van der Waals surface area contributed by atoms with Crippen LogP contribution in [0.5, 0.6) is 0 Å². The Balaban J connectivity index is 1.52. The fourth-order valence-corrected chi connectivity index (χ4v) is 4.66. The van der Waals surface area contributed by atoms with Crippen molar-refractivity contribution < 1.29 is 0 Å². The monoisotopic (exact) mass is 453 g/mol. The molecule has 7 nitrogen and oxygen atoms in total. The van der Waals surface area contributed by atoms with Crippen LogP contribution in [-0.4, -0.2) is 60.4 Å². The molecule has 3 heterocycles. The third-order valence-electron chi connectivity index (χ3n) is 6.00. The van der Waals surface area contributed by atoms with E-state index in [1.165, 1.54) is 31.4 Å². The van der Waals surface area contributed by atoms with Crippen LogP contribution in [0.2, 0.25) is 0 Å². The van der Waals surface area contributed by atoms with Crippen molar-refractivity contribution in [1.29, 1.82) is 0 Å². The van der Waals surface area contributed by atoms with Crippen LogP contribution in [0.15, 0.2) is 36.4 Å². The molecule has 2 saturated heterocycles. The van der Waals surface area contributed by atoms with Gasteiger partial charge in [-0.05, 0) is 51.0 Å². The lowest BCUT2D eigenvalue weighted by Crippen LogP contribution is -2.47. The molecule has 4 rings (SSSR count). The van der Waals surface area contributed by atoms with Crippen molar-refractivity contribution in [2.75, 3.05) is 59.3 Å². The molecule has 1 aromatic carbocycles. The van der Waals surface area contributed by atoms with E-state index in [1.54, 1.807) is 0 Å². The van der Waals surface area contributed by atoms with Crippen molar-refractivity contribution in [2.24, 2.45) is 0 Å². The Hall–Kier alpha value is -2.61. The first-order valence-corrected chi connectivity index (χ1v) is 12.3. The summed E-state index contributed by atoms with van der Waals surface area (Å²) in [7, 11) is 0. The molecule has 1 aromatic heterocycles. The van der Waals surface area contributed by atoms with E-state index in [-0.39, 0.29) is 6.04 Å². The summed E-state index contributed by atoms with van der Waals surface area (Å²) in [6, 6.07) is 13.1. The normalized spacial score (nSPS) is 17.3. The number of piperazine rings is 1. The maximum atomic E-state index is 5.47. The Kier molecular flexibility index (Phi) is 7.63. The summed E-state index contributed by atoms with van der Waals surface area (Å²) in [5.74, 6) is 2.55. The van der Waals surface area contributed by atoms with Gasteiger partial charge in [-0.3, -0.25) is 0 Å². The second kappa shape index (κ2) is 10.8. The molecule has 0 atom stereocenters. The molecule has 0 radical (unpaired) electrons. The second-order valence-electron chi connectivity index (χ2n) is 8.87. The van der Waals surface area contributed by atoms with Gasteiger partial charge in [0, 0.05) is 57.1 Å². The van der Waals surface area contributed by atoms with E-state index < -0.39 is 0 Å². The topological polar surface area (TPSA) is 59.6 Å². The lowest BCUT2D eigenvalue weighted by atomic mass is 10.2. The van der Waals surface area contributed by atoms with Gasteiger partial charge in [0.25, 0.3) is 0 Å². The van der Waals surface area contributed by atoms with Crippen LogP contribution in [0.1, 0.15) is 39.5 Å². The van der Waals surface area contributed by atoms with Gasteiger partial charge in [-0.2, -0.15) is 9.97 Å². The summed E-state index contributed by atoms with van der Waals surface area (Å²) in [4.78, 5) is 16.9. The molecule has 2 N–H and O–H groups in total. The fourth-order valence-electron chi connectivity index (χ4n) is 4.33. The molecule has 172 valence electrons. The van der Waals surface area contributed by atoms with Crippen LogP contribution in [-0.2, 0) is 0 Å². The highest BCUT2D eigenvalue weighted by atomic mass is 32.1. The van der Waals surface area contributed by atoms with E-state index in [1.807, 2.05) is 0 Å². The van der Waals surface area contributed by atoms with E-state index in [0.29, 0.717) is 11.1 Å². The average molecular weight is 454 g/mol. The van der Waals surface area contributed by atoms with Crippen LogP contribution in [0.4, 0.5) is 23.3 Å². The number of thiocarbonyl (C=S) groups is 1. The van der Waals surface area contributed by atoms with Gasteiger partial charge < -0.3 is 25.3 Å². The van der Waals surface area contributed by atoms with Crippen molar-refractivity contribution in [3.8, 4) is 0 Å². The Morgan fingerprint density at radius 3 is 1.97 bits per heavy atom. The van der Waals surface area contributed by atoms with Crippen molar-refractivity contribution in [3.63, 3.8) is 0 Å². The minimum atomic E-state index is 0.259. The largest absolute Gasteiger partial charge is 0.368 e. The molecule has 0 bridgehead atoms. The van der Waals surface area contributed by atoms with Gasteiger partial charge in [-0.25, -0.2) is 0 Å². The molecule has 0 saturated carbocycles. The number of para-hydroxylation sites is 1. The second-order valence-corrected chi connectivity index (χ2v) is 9.28.